The molecule has 0 bridgehead atoms. The number of carbonyl (C=O) groups is 3. The molecule has 7 rings (SSSR count). The molecule has 0 amide bonds. The summed E-state index contributed by atoms with van der Waals surface area (Å²) in [6.07, 6.45) is 13.1. The Labute approximate surface area is 294 Å². The number of esters is 1. The topological polar surface area (TPSA) is 142 Å². The number of aliphatic carboxylic acids is 1. The molecule has 50 heavy (non-hydrogen) atoms. The lowest BCUT2D eigenvalue weighted by Crippen LogP contribution is -2.67. The lowest BCUT2D eigenvalue weighted by atomic mass is 9.33. The molecule has 0 saturated heterocycles. The number of fused-ring (bicyclic) bond motifs is 7. The molecule has 2 aromatic rings. The molecule has 5 aliphatic rings. The number of carbonyl (C=O) groups excluding carboxylic acids is 2. The van der Waals surface area contributed by atoms with E-state index in [1.807, 2.05) is 44.6 Å². The van der Waals surface area contributed by atoms with Crippen molar-refractivity contribution in [2.75, 3.05) is 0 Å². The Morgan fingerprint density at radius 2 is 1.68 bits per heavy atom. The molecule has 272 valence electrons. The minimum Gasteiger partial charge on any atom is -0.481 e. The molecule has 1 unspecified atom stereocenters. The zero-order valence-corrected chi connectivity index (χ0v) is 31.0. The van der Waals surface area contributed by atoms with E-state index < -0.39 is 34.0 Å². The SMILES string of the molecule is CCc1oc(=O)oc1COC(=O)[C@@]1(C)C2CC[C@]3(C)[C@H](C(=O)C=C4[C@@H]5C[C@@](C)(C(=O)O)CC[C@]5(C)CC[C@]43C)[C@@]2(C)CC[C@@H]1n1cc(C)cn1. The molecule has 10 nitrogen and oxygen atoms in total. The summed E-state index contributed by atoms with van der Waals surface area (Å²) < 4.78 is 18.4. The molecule has 4 saturated carbocycles. The third-order valence-electron chi connectivity index (χ3n) is 15.6. The maximum atomic E-state index is 14.9. The average Bonchev–Trinajstić information content (AvgIpc) is 3.65. The molecule has 4 fully saturated rings. The Morgan fingerprint density at radius 3 is 2.34 bits per heavy atom. The molecule has 0 aromatic carbocycles. The smallest absolute Gasteiger partial charge is 0.481 e. The number of carboxylic acids is 1. The van der Waals surface area contributed by atoms with Crippen LogP contribution >= 0.6 is 0 Å². The van der Waals surface area contributed by atoms with Crippen LogP contribution in [0.15, 0.2) is 37.7 Å². The van der Waals surface area contributed by atoms with Gasteiger partial charge in [-0.05, 0) is 124 Å². The summed E-state index contributed by atoms with van der Waals surface area (Å²) in [7, 11) is 0. The van der Waals surface area contributed by atoms with Crippen LogP contribution in [0.5, 0.6) is 0 Å². The maximum absolute atomic E-state index is 14.9. The average molecular weight is 691 g/mol. The Morgan fingerprint density at radius 1 is 0.980 bits per heavy atom. The Balaban J connectivity index is 1.29. The first-order valence-corrected chi connectivity index (χ1v) is 18.7. The number of aromatic nitrogens is 2. The first-order chi connectivity index (χ1) is 23.4. The Hall–Kier alpha value is -3.43. The van der Waals surface area contributed by atoms with Crippen molar-refractivity contribution in [2.24, 2.45) is 50.2 Å². The van der Waals surface area contributed by atoms with Crippen molar-refractivity contribution in [3.63, 3.8) is 0 Å². The predicted molar refractivity (Wildman–Crippen MR) is 184 cm³/mol. The summed E-state index contributed by atoms with van der Waals surface area (Å²) in [5, 5.41) is 14.9. The van der Waals surface area contributed by atoms with Crippen molar-refractivity contribution in [3.05, 3.63) is 51.7 Å². The van der Waals surface area contributed by atoms with E-state index in [4.69, 9.17) is 13.6 Å². The number of allylic oxidation sites excluding steroid dienone is 2. The first-order valence-electron chi connectivity index (χ1n) is 18.7. The molecular formula is C40H54N2O8. The highest BCUT2D eigenvalue weighted by molar-refractivity contribution is 5.96. The summed E-state index contributed by atoms with van der Waals surface area (Å²) in [5.41, 5.74) is -0.864. The number of aryl methyl sites for hydroxylation is 2. The largest absolute Gasteiger partial charge is 0.519 e. The van der Waals surface area contributed by atoms with Crippen LogP contribution in [0.25, 0.3) is 0 Å². The quantitative estimate of drug-likeness (QED) is 0.303. The van der Waals surface area contributed by atoms with E-state index in [1.165, 1.54) is 5.57 Å². The second-order valence-electron chi connectivity index (χ2n) is 18.1. The number of ketones is 1. The molecule has 0 spiro atoms. The normalized spacial score (nSPS) is 42.4. The van der Waals surface area contributed by atoms with Crippen molar-refractivity contribution in [1.29, 1.82) is 0 Å². The van der Waals surface area contributed by atoms with Crippen LogP contribution in [0.4, 0.5) is 0 Å². The second kappa shape index (κ2) is 11.3. The molecule has 10 heteroatoms. The summed E-state index contributed by atoms with van der Waals surface area (Å²) in [6, 6.07) is -0.292. The number of nitrogens with zero attached hydrogens (tertiary/aromatic N) is 2. The van der Waals surface area contributed by atoms with Gasteiger partial charge < -0.3 is 18.7 Å². The van der Waals surface area contributed by atoms with Gasteiger partial charge in [-0.3, -0.25) is 19.1 Å². The van der Waals surface area contributed by atoms with Gasteiger partial charge in [-0.25, -0.2) is 4.79 Å². The van der Waals surface area contributed by atoms with Crippen LogP contribution in [-0.4, -0.2) is 32.6 Å². The fourth-order valence-corrected chi connectivity index (χ4v) is 12.3. The zero-order valence-electron chi connectivity index (χ0n) is 31.0. The summed E-state index contributed by atoms with van der Waals surface area (Å²) in [5.74, 6) is -1.72. The van der Waals surface area contributed by atoms with Crippen LogP contribution < -0.4 is 5.82 Å². The molecule has 0 aliphatic heterocycles. The van der Waals surface area contributed by atoms with Gasteiger partial charge in [-0.15, -0.1) is 0 Å². The minimum absolute atomic E-state index is 0.0288. The van der Waals surface area contributed by atoms with E-state index in [2.05, 4.69) is 32.8 Å². The second-order valence-corrected chi connectivity index (χ2v) is 18.1. The van der Waals surface area contributed by atoms with Gasteiger partial charge in [0.2, 0.25) is 0 Å². The molecule has 5 aliphatic carbocycles. The molecular weight excluding hydrogens is 636 g/mol. The highest BCUT2D eigenvalue weighted by Gasteiger charge is 2.72. The summed E-state index contributed by atoms with van der Waals surface area (Å²) in [6.45, 7) is 16.7. The standard InChI is InChI=1S/C40H54N2O8/c1-9-27-28(50-34(47)49-27)22-48-33(46)40(8)29-10-13-39(7)31(37(29,5)12-11-30(40)42-21-23(2)20-41-42)26(43)18-24-25-19-36(4,32(44)45)15-14-35(25,3)16-17-38(24,39)6/h18,20-21,25,29-31H,9-17,19,22H2,1-8H3,(H,44,45)/t25-,29?,30-,31+,35+,36-,37-,38+,39+,40-/m0/s1. The fraction of sp³-hybridized carbons (Fsp3) is 0.725. The van der Waals surface area contributed by atoms with Crippen molar-refractivity contribution >= 4 is 17.7 Å². The molecule has 2 aromatic heterocycles. The van der Waals surface area contributed by atoms with E-state index in [9.17, 15) is 24.3 Å². The third-order valence-corrected chi connectivity index (χ3v) is 15.6. The molecule has 10 atom stereocenters. The number of rotatable bonds is 6. The van der Waals surface area contributed by atoms with E-state index in [0.717, 1.165) is 44.1 Å². The highest BCUT2D eigenvalue weighted by Crippen LogP contribution is 2.76. The van der Waals surface area contributed by atoms with Gasteiger partial charge in [0.1, 0.15) is 0 Å². The van der Waals surface area contributed by atoms with Crippen LogP contribution in [0.3, 0.4) is 0 Å². The third kappa shape index (κ3) is 4.67. The minimum atomic E-state index is -1.04. The van der Waals surface area contributed by atoms with Crippen LogP contribution in [0.1, 0.15) is 129 Å². The Kier molecular flexibility index (Phi) is 7.90. The van der Waals surface area contributed by atoms with E-state index in [0.29, 0.717) is 31.4 Å². The zero-order chi connectivity index (χ0) is 36.2. The predicted octanol–water partition coefficient (Wildman–Crippen LogP) is 7.63. The summed E-state index contributed by atoms with van der Waals surface area (Å²) >= 11 is 0. The van der Waals surface area contributed by atoms with Gasteiger partial charge in [0.25, 0.3) is 0 Å². The van der Waals surface area contributed by atoms with E-state index in [-0.39, 0.29) is 58.2 Å². The Bertz CT molecular complexity index is 1830. The number of hydrogen-bond acceptors (Lipinski definition) is 8. The molecule has 2 heterocycles. The van der Waals surface area contributed by atoms with Gasteiger partial charge in [0, 0.05) is 18.5 Å². The molecule has 1 N–H and O–H groups in total. The highest BCUT2D eigenvalue weighted by atomic mass is 16.6. The fourth-order valence-electron chi connectivity index (χ4n) is 12.3. The van der Waals surface area contributed by atoms with Gasteiger partial charge in [-0.2, -0.15) is 5.10 Å². The van der Waals surface area contributed by atoms with Crippen LogP contribution in [0.2, 0.25) is 0 Å². The number of ether oxygens (including phenoxy) is 1. The van der Waals surface area contributed by atoms with Crippen molar-refractivity contribution in [1.82, 2.24) is 9.78 Å². The van der Waals surface area contributed by atoms with Gasteiger partial charge >= 0.3 is 17.8 Å². The lowest BCUT2D eigenvalue weighted by molar-refractivity contribution is -0.209. The first kappa shape index (κ1) is 35.0. The number of carboxylic acid groups (broad SMARTS) is 1. The van der Waals surface area contributed by atoms with Crippen LogP contribution in [0, 0.1) is 57.2 Å². The maximum Gasteiger partial charge on any atom is 0.519 e. The number of hydrogen-bond donors (Lipinski definition) is 1. The summed E-state index contributed by atoms with van der Waals surface area (Å²) in [4.78, 5) is 53.9. The van der Waals surface area contributed by atoms with Crippen LogP contribution in [-0.2, 0) is 32.1 Å². The lowest BCUT2D eigenvalue weighted by Gasteiger charge is -2.70. The van der Waals surface area contributed by atoms with Gasteiger partial charge in [0.15, 0.2) is 23.9 Å². The monoisotopic (exact) mass is 690 g/mol. The van der Waals surface area contributed by atoms with Crippen molar-refractivity contribution < 1.29 is 33.1 Å². The van der Waals surface area contributed by atoms with Crippen molar-refractivity contribution in [3.8, 4) is 0 Å². The van der Waals surface area contributed by atoms with Gasteiger partial charge in [0.05, 0.1) is 23.1 Å². The van der Waals surface area contributed by atoms with E-state index in [1.54, 1.807) is 6.20 Å². The van der Waals surface area contributed by atoms with Crippen molar-refractivity contribution in [2.45, 2.75) is 132 Å². The van der Waals surface area contributed by atoms with Gasteiger partial charge in [-0.1, -0.05) is 40.2 Å². The van der Waals surface area contributed by atoms with E-state index >= 15 is 0 Å². The molecule has 0 radical (unpaired) electrons.